The molecule has 4 unspecified atom stereocenters. The van der Waals surface area contributed by atoms with Gasteiger partial charge < -0.3 is 80.4 Å². The molecule has 2 bridgehead atoms. The van der Waals surface area contributed by atoms with Crippen molar-refractivity contribution in [3.8, 4) is 0 Å². The van der Waals surface area contributed by atoms with Gasteiger partial charge in [0.05, 0.1) is 84.5 Å². The second kappa shape index (κ2) is 30.7. The molecule has 0 radical (unpaired) electrons. The van der Waals surface area contributed by atoms with E-state index in [1.54, 1.807) is 86.8 Å². The number of rotatable bonds is 7. The fourth-order valence-corrected chi connectivity index (χ4v) is 10.0. The maximum Gasteiger partial charge on any atom is 0.311 e. The number of benzene rings is 1. The normalized spacial score (nSPS) is 40.8. The molecule has 0 spiro atoms. The molecule has 13 N–H and O–H groups in total. The van der Waals surface area contributed by atoms with Crippen molar-refractivity contribution in [2.45, 2.75) is 188 Å². The predicted molar refractivity (Wildman–Crippen MR) is 276 cm³/mol. The summed E-state index contributed by atoms with van der Waals surface area (Å²) in [5.74, 6) is -7.16. The molecule has 426 valence electrons. The molecule has 3 aliphatic heterocycles. The Kier molecular flexibility index (Phi) is 26.0. The molecule has 0 aliphatic carbocycles. The van der Waals surface area contributed by atoms with Crippen LogP contribution in [0.2, 0.25) is 0 Å². The molecule has 4 rings (SSSR count). The van der Waals surface area contributed by atoms with Crippen LogP contribution in [0.1, 0.15) is 84.6 Å². The number of ether oxygens (including phenoxy) is 4. The summed E-state index contributed by atoms with van der Waals surface area (Å²) in [7, 11) is -4.64. The first-order valence-electron chi connectivity index (χ1n) is 25.5. The molecule has 21 nitrogen and oxygen atoms in total. The summed E-state index contributed by atoms with van der Waals surface area (Å²) >= 11 is 0. The SMILES string of the molecule is C[C@@H]1[C@H](O)[C@@H](C)/C=C/C=C/C=C/C=C/C=C/C=C/C=C/[C@H](OC2O[C@H](C)[C@@H](O)[C@H](NCc3ccccc3S(=O)(=O)O)[C@@H]2O)C[C@@H]2O[C@](O)(C[C@@H](O)[C@H](O)CCC(O)CC(O)CC(O)CC(=O)O[C@H]1C)C[C@H](O)[C@H]2C(=O)O. The molecule has 1 aromatic rings. The molecular formula is C54H79NO20S. The highest BCUT2D eigenvalue weighted by atomic mass is 32.2. The van der Waals surface area contributed by atoms with Gasteiger partial charge in [0.25, 0.3) is 10.1 Å². The third-order valence-electron chi connectivity index (χ3n) is 13.8. The van der Waals surface area contributed by atoms with Crippen molar-refractivity contribution < 1.29 is 97.7 Å². The molecule has 0 amide bonds. The maximum absolute atomic E-state index is 12.7. The van der Waals surface area contributed by atoms with Gasteiger partial charge in [-0.3, -0.25) is 14.1 Å². The Bertz CT molecular complexity index is 2300. The Morgan fingerprint density at radius 3 is 1.87 bits per heavy atom. The van der Waals surface area contributed by atoms with Gasteiger partial charge in [-0.15, -0.1) is 0 Å². The Balaban J connectivity index is 1.60. The Morgan fingerprint density at radius 2 is 1.26 bits per heavy atom. The van der Waals surface area contributed by atoms with Crippen LogP contribution in [0.5, 0.6) is 0 Å². The number of aliphatic hydroxyl groups excluding tert-OH is 9. The fourth-order valence-electron chi connectivity index (χ4n) is 9.29. The van der Waals surface area contributed by atoms with E-state index in [-0.39, 0.29) is 43.7 Å². The third-order valence-corrected chi connectivity index (χ3v) is 14.7. The minimum absolute atomic E-state index is 0.124. The molecule has 2 saturated heterocycles. The first-order valence-corrected chi connectivity index (χ1v) is 27.0. The zero-order valence-corrected chi connectivity index (χ0v) is 44.0. The van der Waals surface area contributed by atoms with Crippen LogP contribution in [0.15, 0.2) is 114 Å². The van der Waals surface area contributed by atoms with Crippen molar-refractivity contribution in [3.05, 3.63) is 115 Å². The number of aliphatic carboxylic acids is 1. The second-order valence-corrected chi connectivity index (χ2v) is 21.4. The number of carboxylic acids is 1. The lowest BCUT2D eigenvalue weighted by molar-refractivity contribution is -0.310. The molecule has 22 heteroatoms. The molecule has 76 heavy (non-hydrogen) atoms. The highest BCUT2D eigenvalue weighted by molar-refractivity contribution is 7.85. The lowest BCUT2D eigenvalue weighted by Crippen LogP contribution is -2.63. The van der Waals surface area contributed by atoms with Gasteiger partial charge in [0, 0.05) is 37.6 Å². The molecule has 2 fully saturated rings. The number of cyclic esters (lactones) is 1. The molecule has 0 aromatic heterocycles. The van der Waals surface area contributed by atoms with Gasteiger partial charge in [-0.05, 0) is 51.2 Å². The first-order chi connectivity index (χ1) is 35.8. The number of hydrogen-bond donors (Lipinski definition) is 13. The van der Waals surface area contributed by atoms with E-state index in [0.717, 1.165) is 0 Å². The van der Waals surface area contributed by atoms with Crippen LogP contribution in [-0.4, -0.2) is 179 Å². The van der Waals surface area contributed by atoms with Crippen LogP contribution in [0.4, 0.5) is 0 Å². The zero-order chi connectivity index (χ0) is 56.3. The molecule has 3 aliphatic rings. The van der Waals surface area contributed by atoms with Gasteiger partial charge in [-0.2, -0.15) is 8.42 Å². The monoisotopic (exact) mass is 1090 g/mol. The lowest BCUT2D eigenvalue weighted by atomic mass is 9.82. The van der Waals surface area contributed by atoms with Gasteiger partial charge >= 0.3 is 11.9 Å². The number of aliphatic hydroxyl groups is 10. The van der Waals surface area contributed by atoms with Crippen LogP contribution < -0.4 is 5.32 Å². The maximum atomic E-state index is 12.7. The Labute approximate surface area is 444 Å². The van der Waals surface area contributed by atoms with Crippen molar-refractivity contribution in [3.63, 3.8) is 0 Å². The van der Waals surface area contributed by atoms with Crippen molar-refractivity contribution in [1.29, 1.82) is 0 Å². The molecule has 3 heterocycles. The predicted octanol–water partition coefficient (Wildman–Crippen LogP) is 1.79. The summed E-state index contributed by atoms with van der Waals surface area (Å²) in [5, 5.41) is 124. The Morgan fingerprint density at radius 1 is 0.697 bits per heavy atom. The van der Waals surface area contributed by atoms with Crippen molar-refractivity contribution in [2.24, 2.45) is 17.8 Å². The zero-order valence-electron chi connectivity index (χ0n) is 43.2. The van der Waals surface area contributed by atoms with Gasteiger partial charge in [-0.25, -0.2) is 0 Å². The number of carboxylic acid groups (broad SMARTS) is 1. The van der Waals surface area contributed by atoms with E-state index in [2.05, 4.69) is 5.32 Å². The third kappa shape index (κ3) is 20.5. The quantitative estimate of drug-likeness (QED) is 0.137. The fraction of sp³-hybridized carbons (Fsp3) is 0.593. The molecular weight excluding hydrogens is 1010 g/mol. The number of allylic oxidation sites excluding steroid dienone is 12. The van der Waals surface area contributed by atoms with E-state index in [9.17, 15) is 78.7 Å². The van der Waals surface area contributed by atoms with Crippen LogP contribution in [-0.2, 0) is 45.2 Å². The minimum Gasteiger partial charge on any atom is -0.481 e. The van der Waals surface area contributed by atoms with E-state index in [0.29, 0.717) is 0 Å². The van der Waals surface area contributed by atoms with Gasteiger partial charge in [-0.1, -0.05) is 117 Å². The summed E-state index contributed by atoms with van der Waals surface area (Å²) in [6.45, 7) is 6.42. The number of carbonyl (C=O) groups excluding carboxylic acids is 1. The molecule has 0 saturated carbocycles. The van der Waals surface area contributed by atoms with E-state index >= 15 is 0 Å². The van der Waals surface area contributed by atoms with E-state index in [1.807, 2.05) is 6.92 Å². The summed E-state index contributed by atoms with van der Waals surface area (Å²) < 4.78 is 57.5. The molecule has 1 aromatic carbocycles. The summed E-state index contributed by atoms with van der Waals surface area (Å²) in [6.07, 6.45) is 1.56. The average molecular weight is 1090 g/mol. The van der Waals surface area contributed by atoms with Gasteiger partial charge in [0.15, 0.2) is 12.1 Å². The summed E-state index contributed by atoms with van der Waals surface area (Å²) in [5.41, 5.74) is 0.124. The van der Waals surface area contributed by atoms with E-state index < -0.39 is 162 Å². The number of nitrogens with one attached hydrogen (secondary N) is 1. The first kappa shape index (κ1) is 64.2. The van der Waals surface area contributed by atoms with E-state index in [4.69, 9.17) is 18.9 Å². The van der Waals surface area contributed by atoms with Crippen LogP contribution in [0.3, 0.4) is 0 Å². The number of esters is 1. The lowest BCUT2D eigenvalue weighted by Gasteiger charge is -2.45. The van der Waals surface area contributed by atoms with Crippen molar-refractivity contribution in [2.75, 3.05) is 0 Å². The summed E-state index contributed by atoms with van der Waals surface area (Å²) in [6, 6.07) is 4.33. The van der Waals surface area contributed by atoms with Crippen LogP contribution in [0.25, 0.3) is 0 Å². The average Bonchev–Trinajstić information content (AvgIpc) is 3.33. The van der Waals surface area contributed by atoms with Gasteiger partial charge in [0.2, 0.25) is 0 Å². The topological polar surface area (TPSA) is 360 Å². The Hall–Kier alpha value is -4.31. The second-order valence-electron chi connectivity index (χ2n) is 20.0. The largest absolute Gasteiger partial charge is 0.481 e. The smallest absolute Gasteiger partial charge is 0.311 e. The number of hydrogen-bond acceptors (Lipinski definition) is 19. The summed E-state index contributed by atoms with van der Waals surface area (Å²) in [4.78, 5) is 25.0. The van der Waals surface area contributed by atoms with Crippen LogP contribution >= 0.6 is 0 Å². The standard InChI is InChI=1S/C54H79NO20S/c1-32-19-15-13-11-9-7-5-6-8-10-12-14-16-21-40(74-53-51(65)48(50(64)35(4)73-53)55-31-36-20-17-18-22-45(36)76(69,70)71)28-44-47(52(66)67)43(61)30-54(68,75-44)29-42(60)41(59)24-23-37(56)25-38(57)26-39(58)27-46(62)72-34(3)33(2)49(32)63/h5-22,32-35,37-44,47-51,53,55-61,63-65,68H,23-31H2,1-4H3,(H,66,67)(H,69,70,71)/b6-5+,9-7+,10-8+,13-11+,14-12+,19-15+,21-16+/t32-,33-,34-,35+,37?,38?,39?,40-,41+,42+,43-,44-,47+,48-,49+,50+,51-,53?,54+/m0/s1. The number of carbonyl (C=O) groups is 2. The highest BCUT2D eigenvalue weighted by Gasteiger charge is 2.51. The van der Waals surface area contributed by atoms with E-state index in [1.165, 1.54) is 43.3 Å². The van der Waals surface area contributed by atoms with Crippen molar-refractivity contribution >= 4 is 22.1 Å². The van der Waals surface area contributed by atoms with Crippen molar-refractivity contribution in [1.82, 2.24) is 5.32 Å². The number of fused-ring (bicyclic) bond motifs is 2. The molecule has 19 atom stereocenters. The minimum atomic E-state index is -4.64. The highest BCUT2D eigenvalue weighted by Crippen LogP contribution is 2.38. The van der Waals surface area contributed by atoms with Crippen LogP contribution in [0, 0.1) is 17.8 Å². The van der Waals surface area contributed by atoms with Gasteiger partial charge in [0.1, 0.15) is 18.1 Å².